The van der Waals surface area contributed by atoms with Gasteiger partial charge in [-0.15, -0.1) is 0 Å². The molecule has 1 aromatic carbocycles. The summed E-state index contributed by atoms with van der Waals surface area (Å²) in [6.45, 7) is 7.42. The zero-order valence-electron chi connectivity index (χ0n) is 11.6. The maximum atomic E-state index is 11.8. The van der Waals surface area contributed by atoms with E-state index in [-0.39, 0.29) is 12.4 Å². The Hall–Kier alpha value is -0.580. The van der Waals surface area contributed by atoms with Crippen molar-refractivity contribution < 1.29 is 9.53 Å². The Labute approximate surface area is 127 Å². The van der Waals surface area contributed by atoms with Crippen LogP contribution in [0.4, 0.5) is 0 Å². The third-order valence-electron chi connectivity index (χ3n) is 2.50. The highest BCUT2D eigenvalue weighted by Gasteiger charge is 2.22. The smallest absolute Gasteiger partial charge is 0.308 e. The molecule has 0 aromatic heterocycles. The van der Waals surface area contributed by atoms with Crippen molar-refractivity contribution in [3.05, 3.63) is 32.8 Å². The standard InChI is InChI=1S/C14H19BrClNO2/c1-8-5-6-9(16)12(13(8)15)10(17)7-11(18)19-14(2,3)4/h5-6,10H,7,17H2,1-4H3/t10-/m1/s1. The van der Waals surface area contributed by atoms with E-state index in [9.17, 15) is 4.79 Å². The van der Waals surface area contributed by atoms with E-state index in [4.69, 9.17) is 22.1 Å². The molecule has 0 aliphatic heterocycles. The van der Waals surface area contributed by atoms with E-state index >= 15 is 0 Å². The van der Waals surface area contributed by atoms with Gasteiger partial charge in [0, 0.05) is 21.1 Å². The van der Waals surface area contributed by atoms with Crippen molar-refractivity contribution >= 4 is 33.5 Å². The van der Waals surface area contributed by atoms with E-state index in [0.717, 1.165) is 15.6 Å². The quantitative estimate of drug-likeness (QED) is 0.835. The summed E-state index contributed by atoms with van der Waals surface area (Å²) in [5.74, 6) is -0.329. The van der Waals surface area contributed by atoms with Gasteiger partial charge >= 0.3 is 5.97 Å². The molecule has 0 fully saturated rings. The summed E-state index contributed by atoms with van der Waals surface area (Å²) in [5.41, 5.74) is 7.33. The van der Waals surface area contributed by atoms with Crippen molar-refractivity contribution in [2.75, 3.05) is 0 Å². The van der Waals surface area contributed by atoms with Gasteiger partial charge in [0.15, 0.2) is 0 Å². The Morgan fingerprint density at radius 2 is 2.05 bits per heavy atom. The topological polar surface area (TPSA) is 52.3 Å². The first-order valence-corrected chi connectivity index (χ1v) is 7.21. The lowest BCUT2D eigenvalue weighted by molar-refractivity contribution is -0.155. The Kier molecular flexibility index (Phi) is 5.42. The Morgan fingerprint density at radius 1 is 1.47 bits per heavy atom. The fraction of sp³-hybridized carbons (Fsp3) is 0.500. The van der Waals surface area contributed by atoms with Crippen molar-refractivity contribution in [1.29, 1.82) is 0 Å². The molecule has 0 amide bonds. The van der Waals surface area contributed by atoms with Crippen LogP contribution < -0.4 is 5.73 Å². The minimum absolute atomic E-state index is 0.0963. The SMILES string of the molecule is Cc1ccc(Cl)c([C@H](N)CC(=O)OC(C)(C)C)c1Br. The van der Waals surface area contributed by atoms with E-state index < -0.39 is 11.6 Å². The van der Waals surface area contributed by atoms with Gasteiger partial charge in [-0.05, 0) is 39.3 Å². The number of aryl methyl sites for hydroxylation is 1. The van der Waals surface area contributed by atoms with Crippen LogP contribution in [0.3, 0.4) is 0 Å². The minimum Gasteiger partial charge on any atom is -0.460 e. The molecule has 0 spiro atoms. The van der Waals surface area contributed by atoms with Crippen LogP contribution in [0.1, 0.15) is 44.4 Å². The van der Waals surface area contributed by atoms with Crippen molar-refractivity contribution in [2.24, 2.45) is 5.73 Å². The summed E-state index contributed by atoms with van der Waals surface area (Å²) in [7, 11) is 0. The number of ether oxygens (including phenoxy) is 1. The average molecular weight is 349 g/mol. The molecule has 0 saturated carbocycles. The summed E-state index contributed by atoms with van der Waals surface area (Å²) >= 11 is 9.62. The predicted octanol–water partition coefficient (Wildman–Crippen LogP) is 4.14. The second kappa shape index (κ2) is 6.25. The monoisotopic (exact) mass is 347 g/mol. The van der Waals surface area contributed by atoms with Gasteiger partial charge < -0.3 is 10.5 Å². The molecule has 0 radical (unpaired) electrons. The second-order valence-electron chi connectivity index (χ2n) is 5.49. The number of nitrogens with two attached hydrogens (primary N) is 1. The van der Waals surface area contributed by atoms with Gasteiger partial charge in [0.1, 0.15) is 5.60 Å². The molecule has 3 nitrogen and oxygen atoms in total. The fourth-order valence-corrected chi connectivity index (χ4v) is 2.73. The summed E-state index contributed by atoms with van der Waals surface area (Å²) in [5, 5.41) is 0.550. The summed E-state index contributed by atoms with van der Waals surface area (Å²) in [4.78, 5) is 11.8. The number of halogens is 2. The molecule has 0 bridgehead atoms. The third kappa shape index (κ3) is 4.79. The van der Waals surface area contributed by atoms with Crippen molar-refractivity contribution in [3.63, 3.8) is 0 Å². The van der Waals surface area contributed by atoms with E-state index in [0.29, 0.717) is 5.02 Å². The van der Waals surface area contributed by atoms with Crippen LogP contribution in [-0.2, 0) is 9.53 Å². The van der Waals surface area contributed by atoms with Gasteiger partial charge in [-0.1, -0.05) is 33.6 Å². The number of hydrogen-bond acceptors (Lipinski definition) is 3. The van der Waals surface area contributed by atoms with E-state index in [2.05, 4.69) is 15.9 Å². The van der Waals surface area contributed by atoms with Gasteiger partial charge in [-0.2, -0.15) is 0 Å². The molecule has 0 aliphatic rings. The van der Waals surface area contributed by atoms with Gasteiger partial charge in [0.05, 0.1) is 6.42 Å². The number of esters is 1. The Morgan fingerprint density at radius 3 is 2.58 bits per heavy atom. The maximum Gasteiger partial charge on any atom is 0.308 e. The molecule has 0 heterocycles. The minimum atomic E-state index is -0.509. The molecule has 106 valence electrons. The first-order chi connectivity index (χ1) is 8.61. The van der Waals surface area contributed by atoms with Crippen molar-refractivity contribution in [3.8, 4) is 0 Å². The number of carbonyl (C=O) groups excluding carboxylic acids is 1. The van der Waals surface area contributed by atoms with Crippen LogP contribution in [0.25, 0.3) is 0 Å². The molecule has 1 atom stereocenters. The number of hydrogen-bond donors (Lipinski definition) is 1. The summed E-state index contributed by atoms with van der Waals surface area (Å²) in [6, 6.07) is 3.19. The van der Waals surface area contributed by atoms with Gasteiger partial charge in [0.25, 0.3) is 0 Å². The number of carbonyl (C=O) groups is 1. The normalized spacial score (nSPS) is 13.2. The van der Waals surface area contributed by atoms with Gasteiger partial charge in [-0.3, -0.25) is 4.79 Å². The number of rotatable bonds is 3. The molecule has 2 N–H and O–H groups in total. The van der Waals surface area contributed by atoms with Crippen molar-refractivity contribution in [1.82, 2.24) is 0 Å². The largest absolute Gasteiger partial charge is 0.460 e. The zero-order valence-corrected chi connectivity index (χ0v) is 13.9. The average Bonchev–Trinajstić information content (AvgIpc) is 2.21. The lowest BCUT2D eigenvalue weighted by atomic mass is 10.0. The highest BCUT2D eigenvalue weighted by Crippen LogP contribution is 2.33. The van der Waals surface area contributed by atoms with Gasteiger partial charge in [-0.25, -0.2) is 0 Å². The highest BCUT2D eigenvalue weighted by atomic mass is 79.9. The fourth-order valence-electron chi connectivity index (χ4n) is 1.68. The van der Waals surface area contributed by atoms with Gasteiger partial charge in [0.2, 0.25) is 0 Å². The molecule has 1 rings (SSSR count). The lowest BCUT2D eigenvalue weighted by Crippen LogP contribution is -2.26. The summed E-state index contributed by atoms with van der Waals surface area (Å²) < 4.78 is 6.11. The van der Waals surface area contributed by atoms with E-state index in [1.165, 1.54) is 0 Å². The van der Waals surface area contributed by atoms with E-state index in [1.54, 1.807) is 6.07 Å². The Bertz CT molecular complexity index is 483. The van der Waals surface area contributed by atoms with Crippen molar-refractivity contribution in [2.45, 2.75) is 45.8 Å². The highest BCUT2D eigenvalue weighted by molar-refractivity contribution is 9.10. The first kappa shape index (κ1) is 16.5. The van der Waals surface area contributed by atoms with Crippen LogP contribution in [0.5, 0.6) is 0 Å². The zero-order chi connectivity index (χ0) is 14.8. The van der Waals surface area contributed by atoms with Crippen LogP contribution >= 0.6 is 27.5 Å². The number of benzene rings is 1. The molecule has 0 unspecified atom stereocenters. The Balaban J connectivity index is 2.87. The van der Waals surface area contributed by atoms with E-state index in [1.807, 2.05) is 33.8 Å². The van der Waals surface area contributed by atoms with Crippen LogP contribution in [0.15, 0.2) is 16.6 Å². The van der Waals surface area contributed by atoms with Crippen LogP contribution in [0, 0.1) is 6.92 Å². The second-order valence-corrected chi connectivity index (χ2v) is 6.69. The molecule has 5 heteroatoms. The lowest BCUT2D eigenvalue weighted by Gasteiger charge is -2.22. The molecular weight excluding hydrogens is 330 g/mol. The first-order valence-electron chi connectivity index (χ1n) is 6.03. The third-order valence-corrected chi connectivity index (χ3v) is 3.88. The predicted molar refractivity (Wildman–Crippen MR) is 81.3 cm³/mol. The maximum absolute atomic E-state index is 11.8. The van der Waals surface area contributed by atoms with Crippen LogP contribution in [-0.4, -0.2) is 11.6 Å². The molecule has 19 heavy (non-hydrogen) atoms. The molecule has 0 saturated heterocycles. The van der Waals surface area contributed by atoms with Crippen LogP contribution in [0.2, 0.25) is 5.02 Å². The molecular formula is C14H19BrClNO2. The summed E-state index contributed by atoms with van der Waals surface area (Å²) in [6.07, 6.45) is 0.0963. The molecule has 0 aliphatic carbocycles. The molecule has 1 aromatic rings.